The summed E-state index contributed by atoms with van der Waals surface area (Å²) in [6.07, 6.45) is 0. The first-order valence-electron chi connectivity index (χ1n) is 17.5. The minimum atomic E-state index is -0.470. The van der Waals surface area contributed by atoms with Crippen molar-refractivity contribution in [1.29, 1.82) is 0 Å². The fourth-order valence-electron chi connectivity index (χ4n) is 8.36. The molecular weight excluding hydrogens is 631 g/mol. The lowest BCUT2D eigenvalue weighted by molar-refractivity contribution is 0.670. The van der Waals surface area contributed by atoms with E-state index in [0.29, 0.717) is 0 Å². The van der Waals surface area contributed by atoms with Gasteiger partial charge >= 0.3 is 0 Å². The second-order valence-electron chi connectivity index (χ2n) is 13.3. The van der Waals surface area contributed by atoms with Crippen molar-refractivity contribution in [2.45, 2.75) is 12.8 Å². The van der Waals surface area contributed by atoms with Gasteiger partial charge in [0.1, 0.15) is 11.2 Å². The zero-order chi connectivity index (χ0) is 33.8. The van der Waals surface area contributed by atoms with Gasteiger partial charge in [-0.3, -0.25) is 0 Å². The smallest absolute Gasteiger partial charge is 0.143 e. The van der Waals surface area contributed by atoms with E-state index in [1.54, 1.807) is 0 Å². The third-order valence-electron chi connectivity index (χ3n) is 10.6. The Labute approximate surface area is 304 Å². The molecule has 1 aliphatic rings. The van der Waals surface area contributed by atoms with Crippen molar-refractivity contribution in [2.24, 2.45) is 0 Å². The van der Waals surface area contributed by atoms with E-state index in [0.717, 1.165) is 50.1 Å². The second-order valence-corrected chi connectivity index (χ2v) is 13.3. The van der Waals surface area contributed by atoms with Crippen molar-refractivity contribution >= 4 is 39.0 Å². The molecule has 0 atom stereocenters. The summed E-state index contributed by atoms with van der Waals surface area (Å²) in [5, 5.41) is 2.28. The van der Waals surface area contributed by atoms with E-state index in [4.69, 9.17) is 4.42 Å². The van der Waals surface area contributed by atoms with Crippen LogP contribution in [0.2, 0.25) is 0 Å². The molecule has 1 aromatic heterocycles. The largest absolute Gasteiger partial charge is 0.455 e. The predicted octanol–water partition coefficient (Wildman–Crippen LogP) is 13.7. The lowest BCUT2D eigenvalue weighted by atomic mass is 9.67. The number of fused-ring (bicyclic) bond motifs is 6. The first-order chi connectivity index (χ1) is 25.3. The fourth-order valence-corrected chi connectivity index (χ4v) is 8.36. The Morgan fingerprint density at radius 1 is 0.385 bits per heavy atom. The van der Waals surface area contributed by atoms with Crippen molar-refractivity contribution in [2.75, 3.05) is 4.90 Å². The number of para-hydroxylation sites is 3. The Morgan fingerprint density at radius 2 is 0.923 bits per heavy atom. The molecule has 52 heavy (non-hydrogen) atoms. The van der Waals surface area contributed by atoms with E-state index in [1.807, 2.05) is 12.1 Å². The Bertz CT molecular complexity index is 2640. The number of benzene rings is 8. The molecule has 0 bridgehead atoms. The van der Waals surface area contributed by atoms with Gasteiger partial charge in [-0.2, -0.15) is 0 Å². The first kappa shape index (κ1) is 31.3. The van der Waals surface area contributed by atoms with Gasteiger partial charge in [0, 0.05) is 33.4 Å². The molecule has 0 amide bonds. The van der Waals surface area contributed by atoms with Gasteiger partial charge in [-0.15, -0.1) is 0 Å². The molecule has 9 aromatic rings. The number of anilines is 3. The van der Waals surface area contributed by atoms with Crippen molar-refractivity contribution in [3.05, 3.63) is 222 Å². The molecule has 2 nitrogen and oxygen atoms in total. The molecule has 1 aliphatic carbocycles. The highest BCUT2D eigenvalue weighted by Gasteiger charge is 2.46. The lowest BCUT2D eigenvalue weighted by Gasteiger charge is -2.35. The fraction of sp³-hybridized carbons (Fsp3) is 0.0400. The second kappa shape index (κ2) is 12.6. The van der Waals surface area contributed by atoms with E-state index >= 15 is 0 Å². The van der Waals surface area contributed by atoms with Crippen LogP contribution in [0, 0.1) is 0 Å². The summed E-state index contributed by atoms with van der Waals surface area (Å²) >= 11 is 0. The summed E-state index contributed by atoms with van der Waals surface area (Å²) in [6, 6.07) is 72.2. The SMILES string of the molecule is C.c1ccc(N(c2ccc(-c3cccc4c3oc3ccccc34)cc2)c2ccc3c(c2)C(c2ccccc2)(c2ccccc2)c2ccccc2-3)cc1. The van der Waals surface area contributed by atoms with E-state index in [1.165, 1.54) is 33.4 Å². The highest BCUT2D eigenvalue weighted by molar-refractivity contribution is 6.09. The molecule has 0 saturated heterocycles. The average Bonchev–Trinajstić information content (AvgIpc) is 3.73. The molecule has 0 N–H and O–H groups in total. The van der Waals surface area contributed by atoms with Crippen LogP contribution in [0.5, 0.6) is 0 Å². The normalized spacial score (nSPS) is 12.6. The molecule has 0 fully saturated rings. The number of hydrogen-bond donors (Lipinski definition) is 0. The first-order valence-corrected chi connectivity index (χ1v) is 17.5. The van der Waals surface area contributed by atoms with Gasteiger partial charge in [-0.1, -0.05) is 165 Å². The topological polar surface area (TPSA) is 16.4 Å². The van der Waals surface area contributed by atoms with Gasteiger partial charge in [-0.05, 0) is 81.4 Å². The highest BCUT2D eigenvalue weighted by atomic mass is 16.3. The average molecular weight is 668 g/mol. The van der Waals surface area contributed by atoms with Crippen LogP contribution in [0.15, 0.2) is 205 Å². The molecule has 1 heterocycles. The Morgan fingerprint density at radius 3 is 1.65 bits per heavy atom. The van der Waals surface area contributed by atoms with E-state index in [2.05, 4.69) is 193 Å². The predicted molar refractivity (Wildman–Crippen MR) is 218 cm³/mol. The van der Waals surface area contributed by atoms with Gasteiger partial charge in [0.05, 0.1) is 5.41 Å². The maximum absolute atomic E-state index is 6.41. The van der Waals surface area contributed by atoms with Crippen LogP contribution >= 0.6 is 0 Å². The standard InChI is InChI=1S/C49H33NO.CH4/c1-4-15-35(16-5-1)49(36-17-6-2-7-18-36)45-25-12-10-21-41(45)42-32-31-39(33-46(42)49)50(37-19-8-3-9-20-37)38-29-27-34(28-30-38)40-23-14-24-44-43-22-11-13-26-47(43)51-48(40)44;/h1-33H;1H4. The molecule has 248 valence electrons. The van der Waals surface area contributed by atoms with Crippen LogP contribution < -0.4 is 4.90 Å². The van der Waals surface area contributed by atoms with Crippen LogP contribution in [-0.2, 0) is 5.41 Å². The zero-order valence-electron chi connectivity index (χ0n) is 27.9. The maximum atomic E-state index is 6.41. The van der Waals surface area contributed by atoms with Crippen LogP contribution in [0.4, 0.5) is 17.1 Å². The third-order valence-corrected chi connectivity index (χ3v) is 10.6. The zero-order valence-corrected chi connectivity index (χ0v) is 27.9. The summed E-state index contributed by atoms with van der Waals surface area (Å²) < 4.78 is 6.41. The quantitative estimate of drug-likeness (QED) is 0.175. The van der Waals surface area contributed by atoms with Crippen LogP contribution in [0.1, 0.15) is 29.7 Å². The molecule has 8 aromatic carbocycles. The number of furan rings is 1. The van der Waals surface area contributed by atoms with Crippen LogP contribution in [-0.4, -0.2) is 0 Å². The Kier molecular flexibility index (Phi) is 7.60. The monoisotopic (exact) mass is 667 g/mol. The summed E-state index contributed by atoms with van der Waals surface area (Å²) in [5.41, 5.74) is 14.5. The van der Waals surface area contributed by atoms with Crippen LogP contribution in [0.25, 0.3) is 44.2 Å². The summed E-state index contributed by atoms with van der Waals surface area (Å²) in [4.78, 5) is 2.37. The molecule has 0 aliphatic heterocycles. The maximum Gasteiger partial charge on any atom is 0.143 e. The molecule has 10 rings (SSSR count). The number of rotatable bonds is 6. The molecule has 0 unspecified atom stereocenters. The number of hydrogen-bond acceptors (Lipinski definition) is 2. The Hall–Kier alpha value is -6.64. The molecule has 0 radical (unpaired) electrons. The summed E-state index contributed by atoms with van der Waals surface area (Å²) in [5.74, 6) is 0. The van der Waals surface area contributed by atoms with Gasteiger partial charge in [0.15, 0.2) is 0 Å². The summed E-state index contributed by atoms with van der Waals surface area (Å²) in [7, 11) is 0. The van der Waals surface area contributed by atoms with Gasteiger partial charge < -0.3 is 9.32 Å². The van der Waals surface area contributed by atoms with Crippen molar-refractivity contribution < 1.29 is 4.42 Å². The van der Waals surface area contributed by atoms with Crippen molar-refractivity contribution in [3.63, 3.8) is 0 Å². The van der Waals surface area contributed by atoms with E-state index in [-0.39, 0.29) is 7.43 Å². The summed E-state index contributed by atoms with van der Waals surface area (Å²) in [6.45, 7) is 0. The minimum Gasteiger partial charge on any atom is -0.455 e. The van der Waals surface area contributed by atoms with Gasteiger partial charge in [-0.25, -0.2) is 0 Å². The minimum absolute atomic E-state index is 0. The van der Waals surface area contributed by atoms with Crippen LogP contribution in [0.3, 0.4) is 0 Å². The van der Waals surface area contributed by atoms with Gasteiger partial charge in [0.25, 0.3) is 0 Å². The van der Waals surface area contributed by atoms with Gasteiger partial charge in [0.2, 0.25) is 0 Å². The molecule has 0 saturated carbocycles. The van der Waals surface area contributed by atoms with E-state index in [9.17, 15) is 0 Å². The molecule has 2 heteroatoms. The molecular formula is C50H37NO. The highest BCUT2D eigenvalue weighted by Crippen LogP contribution is 2.57. The van der Waals surface area contributed by atoms with E-state index < -0.39 is 5.41 Å². The van der Waals surface area contributed by atoms with Crippen molar-refractivity contribution in [3.8, 4) is 22.3 Å². The van der Waals surface area contributed by atoms with Crippen molar-refractivity contribution in [1.82, 2.24) is 0 Å². The number of nitrogens with zero attached hydrogens (tertiary/aromatic N) is 1. The third kappa shape index (κ3) is 4.72. The Balaban J connectivity index is 0.00000360. The lowest BCUT2D eigenvalue weighted by Crippen LogP contribution is -2.28. The molecule has 0 spiro atoms.